The van der Waals surface area contributed by atoms with Crippen LogP contribution in [0, 0.1) is 0 Å². The molecule has 0 fully saturated rings. The minimum absolute atomic E-state index is 0. The molecule has 4 N–H and O–H groups in total. The van der Waals surface area contributed by atoms with E-state index in [4.69, 9.17) is 10.2 Å². The summed E-state index contributed by atoms with van der Waals surface area (Å²) in [6.07, 6.45) is 0. The van der Waals surface area contributed by atoms with Gasteiger partial charge in [0.15, 0.2) is 0 Å². The Balaban J connectivity index is 0. The molecule has 0 atom stereocenters. The number of carbonyl (C=O) groups is 2. The van der Waals surface area contributed by atoms with Crippen LogP contribution in [0.5, 0.6) is 11.5 Å². The number of rotatable bonds is 3. The number of aromatic carboxylic acids is 2. The zero-order chi connectivity index (χ0) is 14.9. The number of aromatic hydroxyl groups is 2. The summed E-state index contributed by atoms with van der Waals surface area (Å²) in [6.45, 7) is 0. The van der Waals surface area contributed by atoms with E-state index < -0.39 is 11.9 Å². The number of hydrogen-bond donors (Lipinski definition) is 4. The number of carboxylic acids is 2. The molecule has 0 saturated heterocycles. The van der Waals surface area contributed by atoms with Gasteiger partial charge in [0, 0.05) is 0 Å². The second kappa shape index (κ2) is 6.46. The molecule has 6 nitrogen and oxygen atoms in total. The van der Waals surface area contributed by atoms with E-state index in [0.717, 1.165) is 0 Å². The second-order valence-electron chi connectivity index (χ2n) is 4.07. The first-order valence-corrected chi connectivity index (χ1v) is 5.53. The zero-order valence-electron chi connectivity index (χ0n) is 12.8. The number of benzene rings is 2. The minimum atomic E-state index is -1.29. The molecule has 0 saturated carbocycles. The van der Waals surface area contributed by atoms with E-state index in [1.807, 2.05) is 0 Å². The van der Waals surface area contributed by atoms with Crippen molar-refractivity contribution in [3.05, 3.63) is 47.5 Å². The Morgan fingerprint density at radius 2 is 1.10 bits per heavy atom. The first-order valence-electron chi connectivity index (χ1n) is 5.53. The van der Waals surface area contributed by atoms with Crippen LogP contribution in [0.1, 0.15) is 23.6 Å². The molecule has 7 heteroatoms. The van der Waals surface area contributed by atoms with Crippen LogP contribution in [0.4, 0.5) is 0 Å². The van der Waals surface area contributed by atoms with Crippen LogP contribution < -0.4 is 0 Å². The van der Waals surface area contributed by atoms with E-state index >= 15 is 0 Å². The van der Waals surface area contributed by atoms with Gasteiger partial charge in [-0.2, -0.15) is 0 Å². The van der Waals surface area contributed by atoms with Gasteiger partial charge in [0.05, 0.1) is 0 Å². The SMILES string of the molecule is O=C(O)c1cc(-c2ccc(O)c(C(=O)O)c2)ccc1O.[H-].[H-].[Mg+2]. The second-order valence-corrected chi connectivity index (χ2v) is 4.07. The van der Waals surface area contributed by atoms with Gasteiger partial charge < -0.3 is 23.3 Å². The van der Waals surface area contributed by atoms with Crippen molar-refractivity contribution in [3.8, 4) is 22.6 Å². The average molecular weight is 301 g/mol. The van der Waals surface area contributed by atoms with Gasteiger partial charge in [-0.3, -0.25) is 0 Å². The van der Waals surface area contributed by atoms with Gasteiger partial charge in [0.25, 0.3) is 0 Å². The molecule has 21 heavy (non-hydrogen) atoms. The molecule has 0 amide bonds. The van der Waals surface area contributed by atoms with E-state index in [2.05, 4.69) is 0 Å². The van der Waals surface area contributed by atoms with Crippen molar-refractivity contribution < 1.29 is 32.9 Å². The van der Waals surface area contributed by atoms with E-state index in [9.17, 15) is 19.8 Å². The Kier molecular flexibility index (Phi) is 5.17. The van der Waals surface area contributed by atoms with Gasteiger partial charge in [0.1, 0.15) is 22.6 Å². The molecule has 0 unspecified atom stereocenters. The Bertz CT molecular complexity index is 659. The summed E-state index contributed by atoms with van der Waals surface area (Å²) in [7, 11) is 0. The third kappa shape index (κ3) is 3.44. The summed E-state index contributed by atoms with van der Waals surface area (Å²) < 4.78 is 0. The summed E-state index contributed by atoms with van der Waals surface area (Å²) in [5.74, 6) is -3.33. The van der Waals surface area contributed by atoms with Crippen molar-refractivity contribution in [2.75, 3.05) is 0 Å². The van der Waals surface area contributed by atoms with Crippen LogP contribution in [-0.2, 0) is 0 Å². The van der Waals surface area contributed by atoms with E-state index in [1.165, 1.54) is 36.4 Å². The van der Waals surface area contributed by atoms with Crippen LogP contribution in [0.15, 0.2) is 36.4 Å². The monoisotopic (exact) mass is 300 g/mol. The van der Waals surface area contributed by atoms with Crippen LogP contribution in [-0.4, -0.2) is 55.4 Å². The predicted octanol–water partition coefficient (Wildman–Crippen LogP) is 2.01. The molecular formula is C14H12MgO6. The normalized spacial score (nSPS) is 9.71. The Morgan fingerprint density at radius 1 is 0.762 bits per heavy atom. The Hall–Kier alpha value is -2.25. The van der Waals surface area contributed by atoms with E-state index in [1.54, 1.807) is 0 Å². The van der Waals surface area contributed by atoms with E-state index in [0.29, 0.717) is 11.1 Å². The maximum atomic E-state index is 10.9. The van der Waals surface area contributed by atoms with Crippen molar-refractivity contribution in [2.45, 2.75) is 0 Å². The van der Waals surface area contributed by atoms with Crippen molar-refractivity contribution in [1.82, 2.24) is 0 Å². The molecule has 106 valence electrons. The predicted molar refractivity (Wildman–Crippen MR) is 77.1 cm³/mol. The third-order valence-electron chi connectivity index (χ3n) is 2.79. The molecule has 2 rings (SSSR count). The van der Waals surface area contributed by atoms with Crippen LogP contribution in [0.25, 0.3) is 11.1 Å². The van der Waals surface area contributed by atoms with Gasteiger partial charge in [0.2, 0.25) is 0 Å². The standard InChI is InChI=1S/C14H10O6.Mg.2H/c15-11-3-1-7(5-9(11)13(17)18)8-2-4-12(16)10(6-8)14(19)20;;;/h1-6,15-16H,(H,17,18)(H,19,20);;;/q;+2;2*-1. The fourth-order valence-electron chi connectivity index (χ4n) is 1.77. The van der Waals surface area contributed by atoms with Crippen molar-refractivity contribution >= 4 is 35.0 Å². The maximum absolute atomic E-state index is 10.9. The molecule has 0 heterocycles. The topological polar surface area (TPSA) is 115 Å². The molecule has 0 bridgehead atoms. The largest absolute Gasteiger partial charge is 2.00 e. The fraction of sp³-hybridized carbons (Fsp3) is 0. The first kappa shape index (κ1) is 16.8. The number of carboxylic acid groups (broad SMARTS) is 2. The van der Waals surface area contributed by atoms with Crippen LogP contribution in [0.3, 0.4) is 0 Å². The van der Waals surface area contributed by atoms with Crippen molar-refractivity contribution in [2.24, 2.45) is 0 Å². The van der Waals surface area contributed by atoms with Crippen molar-refractivity contribution in [1.29, 1.82) is 0 Å². The first-order chi connectivity index (χ1) is 9.40. The van der Waals surface area contributed by atoms with Crippen LogP contribution >= 0.6 is 0 Å². The summed E-state index contributed by atoms with van der Waals surface area (Å²) in [5, 5.41) is 36.7. The summed E-state index contributed by atoms with van der Waals surface area (Å²) in [5.41, 5.74) is 0.269. The molecule has 0 aliphatic carbocycles. The molecule has 0 aromatic heterocycles. The molecule has 0 aliphatic rings. The van der Waals surface area contributed by atoms with Gasteiger partial charge in [-0.25, -0.2) is 9.59 Å². The van der Waals surface area contributed by atoms with Gasteiger partial charge in [-0.1, -0.05) is 12.1 Å². The summed E-state index contributed by atoms with van der Waals surface area (Å²) in [4.78, 5) is 21.9. The van der Waals surface area contributed by atoms with Gasteiger partial charge in [-0.05, 0) is 35.4 Å². The zero-order valence-corrected chi connectivity index (χ0v) is 12.2. The molecule has 2 aromatic carbocycles. The fourth-order valence-corrected chi connectivity index (χ4v) is 1.77. The Morgan fingerprint density at radius 3 is 1.38 bits per heavy atom. The van der Waals surface area contributed by atoms with E-state index in [-0.39, 0.29) is 48.5 Å². The van der Waals surface area contributed by atoms with Gasteiger partial charge >= 0.3 is 35.0 Å². The molecule has 2 aromatic rings. The Labute approximate surface area is 138 Å². The smallest absolute Gasteiger partial charge is 1.00 e. The van der Waals surface area contributed by atoms with Gasteiger partial charge in [-0.15, -0.1) is 0 Å². The van der Waals surface area contributed by atoms with Crippen LogP contribution in [0.2, 0.25) is 0 Å². The maximum Gasteiger partial charge on any atom is 2.00 e. The molecular weight excluding hydrogens is 288 g/mol. The molecule has 0 spiro atoms. The summed E-state index contributed by atoms with van der Waals surface area (Å²) in [6, 6.07) is 7.81. The third-order valence-corrected chi connectivity index (χ3v) is 2.79. The quantitative estimate of drug-likeness (QED) is 0.644. The number of phenols is 2. The van der Waals surface area contributed by atoms with Crippen molar-refractivity contribution in [3.63, 3.8) is 0 Å². The molecule has 0 aliphatic heterocycles. The number of hydrogen-bond acceptors (Lipinski definition) is 4. The summed E-state index contributed by atoms with van der Waals surface area (Å²) >= 11 is 0. The average Bonchev–Trinajstić information content (AvgIpc) is 2.39. The minimum Gasteiger partial charge on any atom is -1.00 e. The molecule has 0 radical (unpaired) electrons.